The van der Waals surface area contributed by atoms with Crippen molar-refractivity contribution in [1.29, 1.82) is 0 Å². The van der Waals surface area contributed by atoms with E-state index in [1.165, 1.54) is 11.3 Å². The molecule has 0 aliphatic carbocycles. The molecule has 0 fully saturated rings. The van der Waals surface area contributed by atoms with E-state index >= 15 is 0 Å². The van der Waals surface area contributed by atoms with Gasteiger partial charge in [0, 0.05) is 4.88 Å². The molecule has 0 atom stereocenters. The summed E-state index contributed by atoms with van der Waals surface area (Å²) >= 11 is 1.45. The van der Waals surface area contributed by atoms with E-state index in [0.717, 1.165) is 10.6 Å². The number of anilines is 1. The Morgan fingerprint density at radius 3 is 2.65 bits per heavy atom. The second-order valence-electron chi connectivity index (χ2n) is 3.62. The molecular weight excluding hydrogens is 240 g/mol. The number of hydrogen-bond acceptors (Lipinski definition) is 6. The number of carbonyl (C=O) groups excluding carboxylic acids is 1. The van der Waals surface area contributed by atoms with Crippen molar-refractivity contribution in [2.24, 2.45) is 0 Å². The van der Waals surface area contributed by atoms with Crippen LogP contribution in [0, 0.1) is 20.8 Å². The van der Waals surface area contributed by atoms with E-state index in [4.69, 9.17) is 4.52 Å². The van der Waals surface area contributed by atoms with Gasteiger partial charge in [0.1, 0.15) is 6.42 Å². The van der Waals surface area contributed by atoms with E-state index in [1.54, 1.807) is 6.92 Å². The van der Waals surface area contributed by atoms with Gasteiger partial charge in [-0.3, -0.25) is 4.79 Å². The molecule has 0 aliphatic heterocycles. The lowest BCUT2D eigenvalue weighted by atomic mass is 10.4. The van der Waals surface area contributed by atoms with Crippen LogP contribution in [-0.4, -0.2) is 21.0 Å². The Morgan fingerprint density at radius 1 is 1.35 bits per heavy atom. The molecule has 1 N–H and O–H groups in total. The molecule has 90 valence electrons. The molecule has 2 aromatic heterocycles. The van der Waals surface area contributed by atoms with Crippen molar-refractivity contribution in [3.8, 4) is 0 Å². The highest BCUT2D eigenvalue weighted by Gasteiger charge is 2.12. The number of aromatic nitrogens is 3. The molecule has 0 aromatic carbocycles. The maximum atomic E-state index is 11.6. The Hall–Kier alpha value is -1.76. The number of nitrogens with zero attached hydrogens (tertiary/aromatic N) is 3. The summed E-state index contributed by atoms with van der Waals surface area (Å²) in [4.78, 5) is 20.9. The minimum Gasteiger partial charge on any atom is -0.339 e. The standard InChI is InChI=1S/C10H12N4O2S/c1-5-6(2)17-10(11-5)13-8(15)4-9-12-7(3)14-16-9/h4H2,1-3H3,(H,11,13,15). The first-order chi connectivity index (χ1) is 8.04. The van der Waals surface area contributed by atoms with Gasteiger partial charge in [-0.25, -0.2) is 4.98 Å². The lowest BCUT2D eigenvalue weighted by molar-refractivity contribution is -0.115. The average Bonchev–Trinajstić information content (AvgIpc) is 2.75. The molecule has 1 amide bonds. The maximum Gasteiger partial charge on any atom is 0.236 e. The van der Waals surface area contributed by atoms with Crippen molar-refractivity contribution < 1.29 is 9.32 Å². The fraction of sp³-hybridized carbons (Fsp3) is 0.400. The van der Waals surface area contributed by atoms with Crippen molar-refractivity contribution in [1.82, 2.24) is 15.1 Å². The highest BCUT2D eigenvalue weighted by atomic mass is 32.1. The van der Waals surface area contributed by atoms with Crippen LogP contribution in [0.1, 0.15) is 22.3 Å². The van der Waals surface area contributed by atoms with Gasteiger partial charge in [0.15, 0.2) is 11.0 Å². The summed E-state index contributed by atoms with van der Waals surface area (Å²) in [6.07, 6.45) is 0.0680. The SMILES string of the molecule is Cc1noc(CC(=O)Nc2nc(C)c(C)s2)n1. The molecule has 6 nitrogen and oxygen atoms in total. The van der Waals surface area contributed by atoms with Crippen molar-refractivity contribution >= 4 is 22.4 Å². The Balaban J connectivity index is 1.97. The predicted octanol–water partition coefficient (Wildman–Crippen LogP) is 1.63. The first-order valence-corrected chi connectivity index (χ1v) is 5.89. The third kappa shape index (κ3) is 2.88. The first-order valence-electron chi connectivity index (χ1n) is 5.07. The number of aryl methyl sites for hydroxylation is 3. The Bertz CT molecular complexity index is 527. The molecule has 0 aliphatic rings. The molecular formula is C10H12N4O2S. The third-order valence-corrected chi connectivity index (χ3v) is 3.14. The molecule has 2 heterocycles. The van der Waals surface area contributed by atoms with Crippen molar-refractivity contribution in [3.05, 3.63) is 22.3 Å². The van der Waals surface area contributed by atoms with Crippen LogP contribution in [0.3, 0.4) is 0 Å². The molecule has 0 spiro atoms. The van der Waals surface area contributed by atoms with Gasteiger partial charge >= 0.3 is 0 Å². The van der Waals surface area contributed by atoms with Crippen molar-refractivity contribution in [3.63, 3.8) is 0 Å². The van der Waals surface area contributed by atoms with Crippen LogP contribution in [0.5, 0.6) is 0 Å². The monoisotopic (exact) mass is 252 g/mol. The third-order valence-electron chi connectivity index (χ3n) is 2.16. The summed E-state index contributed by atoms with van der Waals surface area (Å²) < 4.78 is 4.86. The van der Waals surface area contributed by atoms with Gasteiger partial charge in [0.05, 0.1) is 5.69 Å². The number of amides is 1. The van der Waals surface area contributed by atoms with Crippen molar-refractivity contribution in [2.45, 2.75) is 27.2 Å². The maximum absolute atomic E-state index is 11.6. The van der Waals surface area contributed by atoms with Crippen LogP contribution in [0.2, 0.25) is 0 Å². The van der Waals surface area contributed by atoms with Gasteiger partial charge in [-0.05, 0) is 20.8 Å². The summed E-state index contributed by atoms with van der Waals surface area (Å²) in [5, 5.41) is 6.92. The van der Waals surface area contributed by atoms with E-state index in [-0.39, 0.29) is 12.3 Å². The summed E-state index contributed by atoms with van der Waals surface area (Å²) in [6.45, 7) is 5.57. The minimum absolute atomic E-state index is 0.0680. The summed E-state index contributed by atoms with van der Waals surface area (Å²) in [6, 6.07) is 0. The van der Waals surface area contributed by atoms with Crippen LogP contribution in [0.4, 0.5) is 5.13 Å². The van der Waals surface area contributed by atoms with Gasteiger partial charge < -0.3 is 9.84 Å². The quantitative estimate of drug-likeness (QED) is 0.898. The fourth-order valence-electron chi connectivity index (χ4n) is 1.24. The molecule has 0 saturated heterocycles. The molecule has 2 rings (SSSR count). The minimum atomic E-state index is -0.206. The van der Waals surface area contributed by atoms with Crippen molar-refractivity contribution in [2.75, 3.05) is 5.32 Å². The Labute approximate surface area is 102 Å². The topological polar surface area (TPSA) is 80.9 Å². The molecule has 0 bridgehead atoms. The van der Waals surface area contributed by atoms with E-state index in [2.05, 4.69) is 20.4 Å². The van der Waals surface area contributed by atoms with Crippen LogP contribution < -0.4 is 5.32 Å². The zero-order valence-corrected chi connectivity index (χ0v) is 10.6. The van der Waals surface area contributed by atoms with Crippen LogP contribution in [-0.2, 0) is 11.2 Å². The number of thiazole rings is 1. The Kier molecular flexibility index (Phi) is 3.19. The zero-order valence-electron chi connectivity index (χ0n) is 9.77. The average molecular weight is 252 g/mol. The van der Waals surface area contributed by atoms with Gasteiger partial charge in [-0.15, -0.1) is 11.3 Å². The summed E-state index contributed by atoms with van der Waals surface area (Å²) in [5.41, 5.74) is 0.930. The van der Waals surface area contributed by atoms with Crippen LogP contribution in [0.25, 0.3) is 0 Å². The number of nitrogens with one attached hydrogen (secondary N) is 1. The summed E-state index contributed by atoms with van der Waals surface area (Å²) in [7, 11) is 0. The number of hydrogen-bond donors (Lipinski definition) is 1. The predicted molar refractivity (Wildman–Crippen MR) is 63.0 cm³/mol. The van der Waals surface area contributed by atoms with Gasteiger partial charge in [-0.1, -0.05) is 5.16 Å². The molecule has 0 saturated carbocycles. The lowest BCUT2D eigenvalue weighted by Crippen LogP contribution is -2.14. The largest absolute Gasteiger partial charge is 0.339 e. The fourth-order valence-corrected chi connectivity index (χ4v) is 2.07. The lowest BCUT2D eigenvalue weighted by Gasteiger charge is -1.97. The second kappa shape index (κ2) is 4.62. The number of rotatable bonds is 3. The highest BCUT2D eigenvalue weighted by Crippen LogP contribution is 2.21. The van der Waals surface area contributed by atoms with E-state index in [9.17, 15) is 4.79 Å². The second-order valence-corrected chi connectivity index (χ2v) is 4.82. The van der Waals surface area contributed by atoms with Gasteiger partial charge in [0.25, 0.3) is 0 Å². The van der Waals surface area contributed by atoms with Crippen LogP contribution in [0.15, 0.2) is 4.52 Å². The summed E-state index contributed by atoms with van der Waals surface area (Å²) in [5.74, 6) is 0.626. The molecule has 17 heavy (non-hydrogen) atoms. The van der Waals surface area contributed by atoms with Crippen LogP contribution >= 0.6 is 11.3 Å². The van der Waals surface area contributed by atoms with Gasteiger partial charge in [0.2, 0.25) is 11.8 Å². The van der Waals surface area contributed by atoms with E-state index < -0.39 is 0 Å². The smallest absolute Gasteiger partial charge is 0.236 e. The normalized spacial score (nSPS) is 10.5. The molecule has 7 heteroatoms. The molecule has 0 radical (unpaired) electrons. The molecule has 2 aromatic rings. The van der Waals surface area contributed by atoms with E-state index in [0.29, 0.717) is 16.8 Å². The molecule has 0 unspecified atom stereocenters. The highest BCUT2D eigenvalue weighted by molar-refractivity contribution is 7.15. The zero-order chi connectivity index (χ0) is 12.4. The number of carbonyl (C=O) groups is 1. The Morgan fingerprint density at radius 2 is 2.12 bits per heavy atom. The first kappa shape index (κ1) is 11.7. The van der Waals surface area contributed by atoms with E-state index in [1.807, 2.05) is 13.8 Å². The van der Waals surface area contributed by atoms with Gasteiger partial charge in [-0.2, -0.15) is 4.98 Å².